The molecule has 1 aliphatic carbocycles. The van der Waals surface area contributed by atoms with Gasteiger partial charge in [0.1, 0.15) is 0 Å². The van der Waals surface area contributed by atoms with Gasteiger partial charge >= 0.3 is 0 Å². The van der Waals surface area contributed by atoms with Crippen molar-refractivity contribution in [2.75, 3.05) is 31.3 Å². The first-order valence-corrected chi connectivity index (χ1v) is 10.6. The van der Waals surface area contributed by atoms with Crippen LogP contribution in [0.4, 0.5) is 11.4 Å². The molecule has 7 heteroatoms. The minimum atomic E-state index is -0.353. The Balaban J connectivity index is 2.10. The van der Waals surface area contributed by atoms with Gasteiger partial charge in [-0.05, 0) is 72.3 Å². The summed E-state index contributed by atoms with van der Waals surface area (Å²) < 4.78 is 0. The first-order valence-electron chi connectivity index (χ1n) is 10.6. The second kappa shape index (κ2) is 10.1. The summed E-state index contributed by atoms with van der Waals surface area (Å²) in [6.07, 6.45) is 3.32. The Kier molecular flexibility index (Phi) is 8.01. The Morgan fingerprint density at radius 1 is 1.00 bits per heavy atom. The highest BCUT2D eigenvalue weighted by atomic mass is 16.2. The van der Waals surface area contributed by atoms with Crippen LogP contribution in [0, 0.1) is 18.8 Å². The number of nitrogens with one attached hydrogen (secondary N) is 3. The molecule has 7 nitrogen and oxygen atoms in total. The van der Waals surface area contributed by atoms with Crippen molar-refractivity contribution in [2.45, 2.75) is 58.9 Å². The molecule has 0 unspecified atom stereocenters. The zero-order valence-corrected chi connectivity index (χ0v) is 19.1. The van der Waals surface area contributed by atoms with Gasteiger partial charge in [0, 0.05) is 28.7 Å². The molecule has 0 heterocycles. The zero-order valence-electron chi connectivity index (χ0n) is 19.1. The molecule has 30 heavy (non-hydrogen) atoms. The van der Waals surface area contributed by atoms with Gasteiger partial charge in [-0.2, -0.15) is 0 Å². The van der Waals surface area contributed by atoms with Gasteiger partial charge in [-0.1, -0.05) is 18.9 Å². The summed E-state index contributed by atoms with van der Waals surface area (Å²) >= 11 is 0. The molecule has 2 atom stereocenters. The predicted octanol–water partition coefficient (Wildman–Crippen LogP) is 3.15. The Labute approximate surface area is 180 Å². The van der Waals surface area contributed by atoms with Crippen molar-refractivity contribution in [2.24, 2.45) is 11.8 Å². The lowest BCUT2D eigenvalue weighted by atomic mass is 9.77. The molecule has 1 aliphatic rings. The van der Waals surface area contributed by atoms with Crippen molar-refractivity contribution in [1.82, 2.24) is 10.2 Å². The van der Waals surface area contributed by atoms with E-state index in [0.29, 0.717) is 17.8 Å². The molecule has 2 rings (SSSR count). The van der Waals surface area contributed by atoms with Gasteiger partial charge < -0.3 is 20.9 Å². The maximum atomic E-state index is 13.0. The highest BCUT2D eigenvalue weighted by molar-refractivity contribution is 5.98. The molecule has 0 bridgehead atoms. The number of hydrogen-bond acceptors (Lipinski definition) is 4. The van der Waals surface area contributed by atoms with Crippen LogP contribution < -0.4 is 16.0 Å². The molecule has 0 radical (unpaired) electrons. The SMILES string of the molecule is Cc1ccc(NC(=O)[C@H]2CCCC[C@H]2C(=O)NC(C)(C)C)cc1NC(=O)CN(C)C. The van der Waals surface area contributed by atoms with Gasteiger partial charge in [0.2, 0.25) is 17.7 Å². The second-order valence-corrected chi connectivity index (χ2v) is 9.54. The van der Waals surface area contributed by atoms with Crippen molar-refractivity contribution in [3.8, 4) is 0 Å². The molecule has 0 aromatic heterocycles. The summed E-state index contributed by atoms with van der Waals surface area (Å²) in [4.78, 5) is 39.7. The number of aryl methyl sites for hydroxylation is 1. The molecular weight excluding hydrogens is 380 g/mol. The molecule has 3 N–H and O–H groups in total. The van der Waals surface area contributed by atoms with Crippen molar-refractivity contribution in [1.29, 1.82) is 0 Å². The topological polar surface area (TPSA) is 90.5 Å². The number of rotatable bonds is 6. The summed E-state index contributed by atoms with van der Waals surface area (Å²) in [5.41, 5.74) is 1.88. The Morgan fingerprint density at radius 3 is 2.17 bits per heavy atom. The third kappa shape index (κ3) is 7.13. The number of amides is 3. The molecule has 0 aliphatic heterocycles. The van der Waals surface area contributed by atoms with Gasteiger partial charge in [-0.25, -0.2) is 0 Å². The van der Waals surface area contributed by atoms with Crippen LogP contribution in [0.5, 0.6) is 0 Å². The fraction of sp³-hybridized carbons (Fsp3) is 0.609. The average Bonchev–Trinajstić information content (AvgIpc) is 2.62. The van der Waals surface area contributed by atoms with Crippen LogP contribution in [0.1, 0.15) is 52.0 Å². The number of likely N-dealkylation sites (N-methyl/N-ethyl adjacent to an activating group) is 1. The number of anilines is 2. The number of carbonyl (C=O) groups excluding carboxylic acids is 3. The standard InChI is InChI=1S/C23H36N4O3/c1-15-11-12-16(13-19(15)25-20(28)14-27(5)6)24-21(29)17-9-7-8-10-18(17)22(30)26-23(2,3)4/h11-13,17-18H,7-10,14H2,1-6H3,(H,24,29)(H,25,28)(H,26,30)/t17-,18+/m0/s1. The smallest absolute Gasteiger partial charge is 0.238 e. The van der Waals surface area contributed by atoms with Crippen molar-refractivity contribution in [3.05, 3.63) is 23.8 Å². The Bertz CT molecular complexity index is 783. The molecule has 1 fully saturated rings. The Morgan fingerprint density at radius 2 is 1.60 bits per heavy atom. The number of nitrogens with zero attached hydrogens (tertiary/aromatic N) is 1. The van der Waals surface area contributed by atoms with E-state index in [2.05, 4.69) is 16.0 Å². The predicted molar refractivity (Wildman–Crippen MR) is 120 cm³/mol. The van der Waals surface area contributed by atoms with Crippen molar-refractivity contribution in [3.63, 3.8) is 0 Å². The van der Waals surface area contributed by atoms with E-state index in [1.807, 2.05) is 53.9 Å². The summed E-state index contributed by atoms with van der Waals surface area (Å²) in [7, 11) is 3.67. The molecule has 1 aromatic carbocycles. The van der Waals surface area contributed by atoms with E-state index < -0.39 is 0 Å². The maximum absolute atomic E-state index is 13.0. The molecule has 0 spiro atoms. The normalized spacial score (nSPS) is 19.3. The minimum Gasteiger partial charge on any atom is -0.351 e. The Hall–Kier alpha value is -2.41. The number of benzene rings is 1. The summed E-state index contributed by atoms with van der Waals surface area (Å²) in [6, 6.07) is 5.46. The fourth-order valence-corrected chi connectivity index (χ4v) is 3.77. The van der Waals surface area contributed by atoms with E-state index in [-0.39, 0.29) is 41.6 Å². The van der Waals surface area contributed by atoms with Crippen LogP contribution in [-0.2, 0) is 14.4 Å². The van der Waals surface area contributed by atoms with E-state index in [4.69, 9.17) is 0 Å². The van der Waals surface area contributed by atoms with Crippen LogP contribution in [0.3, 0.4) is 0 Å². The summed E-state index contributed by atoms with van der Waals surface area (Å²) in [5.74, 6) is -0.976. The van der Waals surface area contributed by atoms with Crippen molar-refractivity contribution < 1.29 is 14.4 Å². The van der Waals surface area contributed by atoms with Gasteiger partial charge in [0.15, 0.2) is 0 Å². The lowest BCUT2D eigenvalue weighted by Gasteiger charge is -2.32. The van der Waals surface area contributed by atoms with Crippen LogP contribution in [0.25, 0.3) is 0 Å². The lowest BCUT2D eigenvalue weighted by molar-refractivity contribution is -0.135. The third-order valence-corrected chi connectivity index (χ3v) is 5.18. The molecule has 3 amide bonds. The first kappa shape index (κ1) is 23.9. The van der Waals surface area contributed by atoms with Crippen LogP contribution >= 0.6 is 0 Å². The molecule has 166 valence electrons. The highest BCUT2D eigenvalue weighted by Crippen LogP contribution is 2.32. The van der Waals surface area contributed by atoms with Crippen LogP contribution in [0.2, 0.25) is 0 Å². The minimum absolute atomic E-state index is 0.0529. The van der Waals surface area contributed by atoms with Crippen molar-refractivity contribution >= 4 is 29.1 Å². The van der Waals surface area contributed by atoms with E-state index in [1.165, 1.54) is 0 Å². The van der Waals surface area contributed by atoms with Crippen LogP contribution in [-0.4, -0.2) is 48.8 Å². The van der Waals surface area contributed by atoms with E-state index in [0.717, 1.165) is 24.8 Å². The zero-order chi connectivity index (χ0) is 22.5. The second-order valence-electron chi connectivity index (χ2n) is 9.54. The largest absolute Gasteiger partial charge is 0.351 e. The highest BCUT2D eigenvalue weighted by Gasteiger charge is 2.36. The van der Waals surface area contributed by atoms with Gasteiger partial charge in [-0.3, -0.25) is 14.4 Å². The van der Waals surface area contributed by atoms with Gasteiger partial charge in [-0.15, -0.1) is 0 Å². The summed E-state index contributed by atoms with van der Waals surface area (Å²) in [5, 5.41) is 8.87. The molecule has 0 saturated heterocycles. The monoisotopic (exact) mass is 416 g/mol. The van der Waals surface area contributed by atoms with Gasteiger partial charge in [0.25, 0.3) is 0 Å². The average molecular weight is 417 g/mol. The van der Waals surface area contributed by atoms with E-state index in [9.17, 15) is 14.4 Å². The maximum Gasteiger partial charge on any atom is 0.238 e. The van der Waals surface area contributed by atoms with Crippen LogP contribution in [0.15, 0.2) is 18.2 Å². The quantitative estimate of drug-likeness (QED) is 0.664. The fourth-order valence-electron chi connectivity index (χ4n) is 3.77. The lowest BCUT2D eigenvalue weighted by Crippen LogP contribution is -2.48. The van der Waals surface area contributed by atoms with E-state index in [1.54, 1.807) is 11.0 Å². The van der Waals surface area contributed by atoms with E-state index >= 15 is 0 Å². The third-order valence-electron chi connectivity index (χ3n) is 5.18. The molecule has 1 saturated carbocycles. The molecular formula is C23H36N4O3. The number of hydrogen-bond donors (Lipinski definition) is 3. The summed E-state index contributed by atoms with van der Waals surface area (Å²) in [6.45, 7) is 8.03. The molecule has 1 aromatic rings. The first-order chi connectivity index (χ1) is 14.0. The van der Waals surface area contributed by atoms with Gasteiger partial charge in [0.05, 0.1) is 6.54 Å². The number of carbonyl (C=O) groups is 3.